The van der Waals surface area contributed by atoms with Crippen LogP contribution in [-0.2, 0) is 9.98 Å². The summed E-state index contributed by atoms with van der Waals surface area (Å²) in [6, 6.07) is 0. The highest BCUT2D eigenvalue weighted by Crippen LogP contribution is 1.79. The number of hydrogen-bond donors (Lipinski definition) is 2. The van der Waals surface area contributed by atoms with Crippen LogP contribution in [0.25, 0.3) is 0 Å². The summed E-state index contributed by atoms with van der Waals surface area (Å²) in [5, 5.41) is 17.8. The molecule has 0 aromatic heterocycles. The van der Waals surface area contributed by atoms with Gasteiger partial charge in [0.25, 0.3) is 0 Å². The first kappa shape index (κ1) is 7.68. The normalized spacial score (nSPS) is 11.2. The molecule has 0 saturated heterocycles. The van der Waals surface area contributed by atoms with Gasteiger partial charge in [0.2, 0.25) is 0 Å². The molecule has 0 heterocycles. The van der Waals surface area contributed by atoms with Gasteiger partial charge in [-0.25, -0.2) is 0 Å². The summed E-state index contributed by atoms with van der Waals surface area (Å²) >= 11 is 0. The summed E-state index contributed by atoms with van der Waals surface area (Å²) in [4.78, 5) is 6.69. The Bertz CT molecular complexity index is 44.0. The Morgan fingerprint density at radius 3 is 1.38 bits per heavy atom. The second kappa shape index (κ2) is 3.65. The van der Waals surface area contributed by atoms with Crippen molar-refractivity contribution in [2.75, 3.05) is 0 Å². The van der Waals surface area contributed by atoms with Crippen molar-refractivity contribution in [3.8, 4) is 0 Å². The first-order valence-electron chi connectivity index (χ1n) is 1.41. The van der Waals surface area contributed by atoms with Crippen LogP contribution in [0, 0.1) is 10.4 Å². The molecule has 8 heavy (non-hydrogen) atoms. The molecule has 0 rings (SSSR count). The van der Waals surface area contributed by atoms with E-state index in [1.54, 1.807) is 0 Å². The summed E-state index contributed by atoms with van der Waals surface area (Å²) in [5.41, 5.74) is 0. The summed E-state index contributed by atoms with van der Waals surface area (Å²) < 4.78 is 0. The van der Waals surface area contributed by atoms with Gasteiger partial charge >= 0.3 is 0 Å². The molecule has 8 nitrogen and oxygen atoms in total. The largest absolute Gasteiger partial charge is 0.746 e. The number of rotatable bonds is 3. The monoisotopic (exact) mass is 124 g/mol. The molecule has 0 amide bonds. The van der Waals surface area contributed by atoms with Crippen molar-refractivity contribution >= 4 is 0 Å². The molecular weight excluding hydrogens is 120 g/mol. The summed E-state index contributed by atoms with van der Waals surface area (Å²) in [6.45, 7) is 0. The van der Waals surface area contributed by atoms with E-state index in [-0.39, 0.29) is 0 Å². The molecule has 0 unspecified atom stereocenters. The van der Waals surface area contributed by atoms with Gasteiger partial charge < -0.3 is 10.4 Å². The first-order valence-corrected chi connectivity index (χ1v) is 1.41. The summed E-state index contributed by atoms with van der Waals surface area (Å²) in [6.07, 6.45) is 0. The Balaban J connectivity index is 2.93. The van der Waals surface area contributed by atoms with Gasteiger partial charge in [-0.15, -0.1) is 9.98 Å². The molecule has 0 fully saturated rings. The van der Waals surface area contributed by atoms with Crippen molar-refractivity contribution in [1.29, 1.82) is 0 Å². The highest BCUT2D eigenvalue weighted by molar-refractivity contribution is 4.15. The lowest BCUT2D eigenvalue weighted by Gasteiger charge is -2.23. The lowest BCUT2D eigenvalue weighted by atomic mass is 12.6. The van der Waals surface area contributed by atoms with E-state index in [0.29, 0.717) is 0 Å². The van der Waals surface area contributed by atoms with E-state index in [9.17, 15) is 10.4 Å². The number of nitrogens with two attached hydrogens (primary N) is 2. The van der Waals surface area contributed by atoms with Crippen molar-refractivity contribution in [2.45, 2.75) is 0 Å². The fourth-order valence-corrected chi connectivity index (χ4v) is 0.0657. The minimum Gasteiger partial charge on any atom is -0.746 e. The molecule has 0 atom stereocenters. The zero-order chi connectivity index (χ0) is 6.57. The van der Waals surface area contributed by atoms with Crippen molar-refractivity contribution in [2.24, 2.45) is 11.7 Å². The molecule has 50 valence electrons. The molecule has 0 aliphatic heterocycles. The SMILES string of the molecule is NN([O-])OON(N)[O-]. The smallest absolute Gasteiger partial charge is 0.118 e. The molecule has 0 radical (unpaired) electrons. The van der Waals surface area contributed by atoms with Crippen LogP contribution in [0.3, 0.4) is 0 Å². The van der Waals surface area contributed by atoms with Crippen LogP contribution in [0.15, 0.2) is 0 Å². The maximum Gasteiger partial charge on any atom is -0.118 e. The molecular formula is H4N4O4-2. The van der Waals surface area contributed by atoms with Crippen molar-refractivity contribution in [1.82, 2.24) is 10.7 Å². The van der Waals surface area contributed by atoms with Crippen LogP contribution in [-0.4, -0.2) is 10.7 Å². The van der Waals surface area contributed by atoms with Crippen LogP contribution >= 0.6 is 0 Å². The van der Waals surface area contributed by atoms with E-state index < -0.39 is 10.7 Å². The standard InChI is InChI=1S/H4N4O4/c1-3(5)7-8-4(2)6/h1-2H2/q-2. The van der Waals surface area contributed by atoms with E-state index in [2.05, 4.69) is 21.7 Å². The van der Waals surface area contributed by atoms with Gasteiger partial charge in [-0.05, 0) is 0 Å². The summed E-state index contributed by atoms with van der Waals surface area (Å²) in [7, 11) is 0. The summed E-state index contributed by atoms with van der Waals surface area (Å²) in [5.74, 6) is 8.50. The molecule has 0 aromatic carbocycles. The minimum atomic E-state index is -0.572. The second-order valence-corrected chi connectivity index (χ2v) is 0.720. The van der Waals surface area contributed by atoms with Gasteiger partial charge in [0.05, 0.1) is 0 Å². The average molecular weight is 124 g/mol. The number of nitrogens with zero attached hydrogens (tertiary/aromatic N) is 2. The molecule has 0 spiro atoms. The Morgan fingerprint density at radius 1 is 1.00 bits per heavy atom. The van der Waals surface area contributed by atoms with Crippen LogP contribution in [0.1, 0.15) is 0 Å². The van der Waals surface area contributed by atoms with E-state index in [0.717, 1.165) is 0 Å². The first-order chi connectivity index (χ1) is 3.63. The number of hydrogen-bond acceptors (Lipinski definition) is 8. The van der Waals surface area contributed by atoms with Gasteiger partial charge in [-0.2, -0.15) is 10.7 Å². The fourth-order valence-electron chi connectivity index (χ4n) is 0.0657. The molecule has 8 heteroatoms. The van der Waals surface area contributed by atoms with Crippen LogP contribution < -0.4 is 11.7 Å². The molecule has 0 bridgehead atoms. The average Bonchev–Trinajstić information content (AvgIpc) is 1.61. The van der Waals surface area contributed by atoms with Crippen molar-refractivity contribution in [3.63, 3.8) is 0 Å². The van der Waals surface area contributed by atoms with Gasteiger partial charge in [0.1, 0.15) is 0 Å². The maximum atomic E-state index is 9.47. The zero-order valence-electron chi connectivity index (χ0n) is 3.68. The highest BCUT2D eigenvalue weighted by Gasteiger charge is 1.81. The lowest BCUT2D eigenvalue weighted by Crippen LogP contribution is -2.32. The van der Waals surface area contributed by atoms with E-state index >= 15 is 0 Å². The Kier molecular flexibility index (Phi) is 3.51. The van der Waals surface area contributed by atoms with Crippen LogP contribution in [0.5, 0.6) is 0 Å². The quantitative estimate of drug-likeness (QED) is 0.254. The molecule has 0 aliphatic carbocycles. The lowest BCUT2D eigenvalue weighted by molar-refractivity contribution is -0.497. The Labute approximate surface area is 44.1 Å². The second-order valence-electron chi connectivity index (χ2n) is 0.720. The van der Waals surface area contributed by atoms with Crippen molar-refractivity contribution < 1.29 is 9.98 Å². The molecule has 0 aliphatic rings. The predicted molar refractivity (Wildman–Crippen MR) is 21.0 cm³/mol. The topological polar surface area (TPSA) is 123 Å². The highest BCUT2D eigenvalue weighted by atomic mass is 17.4. The van der Waals surface area contributed by atoms with Crippen LogP contribution in [0.2, 0.25) is 0 Å². The third kappa shape index (κ3) is 5.68. The molecule has 4 N–H and O–H groups in total. The third-order valence-corrected chi connectivity index (χ3v) is 0.180. The Hall–Kier alpha value is -0.320. The predicted octanol–water partition coefficient (Wildman–Crippen LogP) is -1.89. The van der Waals surface area contributed by atoms with E-state index in [1.165, 1.54) is 0 Å². The van der Waals surface area contributed by atoms with Gasteiger partial charge in [0.15, 0.2) is 0 Å². The maximum absolute atomic E-state index is 9.47. The van der Waals surface area contributed by atoms with E-state index in [1.807, 2.05) is 0 Å². The Morgan fingerprint density at radius 2 is 1.25 bits per heavy atom. The third-order valence-electron chi connectivity index (χ3n) is 0.180. The molecule has 0 aromatic rings. The fraction of sp³-hybridized carbons (Fsp3) is 0. The zero-order valence-corrected chi connectivity index (χ0v) is 3.68. The van der Waals surface area contributed by atoms with Crippen LogP contribution in [0.4, 0.5) is 0 Å². The van der Waals surface area contributed by atoms with Gasteiger partial charge in [0, 0.05) is 0 Å². The van der Waals surface area contributed by atoms with Crippen molar-refractivity contribution in [3.05, 3.63) is 10.4 Å². The number of hydrazine groups is 2. The van der Waals surface area contributed by atoms with E-state index in [4.69, 9.17) is 0 Å². The van der Waals surface area contributed by atoms with Gasteiger partial charge in [-0.1, -0.05) is 0 Å². The van der Waals surface area contributed by atoms with Gasteiger partial charge in [-0.3, -0.25) is 11.7 Å². The minimum absolute atomic E-state index is 0.572. The molecule has 0 saturated carbocycles.